The third kappa shape index (κ3) is 6.32. The second kappa shape index (κ2) is 9.96. The first-order valence-corrected chi connectivity index (χ1v) is 9.30. The molecule has 0 radical (unpaired) electrons. The lowest BCUT2D eigenvalue weighted by molar-refractivity contribution is -0.132. The Hall–Kier alpha value is -2.18. The maximum absolute atomic E-state index is 12.8. The zero-order valence-corrected chi connectivity index (χ0v) is 15.3. The number of thiophene rings is 1. The summed E-state index contributed by atoms with van der Waals surface area (Å²) in [6.45, 7) is 3.03. The molecule has 0 saturated heterocycles. The number of nitrogens with two attached hydrogens (primary N) is 1. The van der Waals surface area contributed by atoms with Crippen LogP contribution in [0.5, 0.6) is 0 Å². The van der Waals surface area contributed by atoms with Gasteiger partial charge in [0.25, 0.3) is 0 Å². The number of nitrogens with zero attached hydrogens (tertiary/aromatic N) is 1. The Kier molecular flexibility index (Phi) is 7.63. The highest BCUT2D eigenvalue weighted by Gasteiger charge is 2.21. The molecule has 5 nitrogen and oxygen atoms in total. The Morgan fingerprint density at radius 1 is 1.16 bits per heavy atom. The van der Waals surface area contributed by atoms with E-state index < -0.39 is 0 Å². The van der Waals surface area contributed by atoms with E-state index in [-0.39, 0.29) is 24.3 Å². The quantitative estimate of drug-likeness (QED) is 0.722. The van der Waals surface area contributed by atoms with Crippen molar-refractivity contribution in [2.24, 2.45) is 5.73 Å². The summed E-state index contributed by atoms with van der Waals surface area (Å²) in [5.74, 6) is -0.130. The van der Waals surface area contributed by atoms with Gasteiger partial charge in [-0.15, -0.1) is 11.3 Å². The van der Waals surface area contributed by atoms with Gasteiger partial charge in [-0.2, -0.15) is 0 Å². The predicted octanol–water partition coefficient (Wildman–Crippen LogP) is 2.35. The molecule has 25 heavy (non-hydrogen) atoms. The van der Waals surface area contributed by atoms with Gasteiger partial charge in [0.1, 0.15) is 0 Å². The van der Waals surface area contributed by atoms with E-state index in [4.69, 9.17) is 5.73 Å². The molecule has 0 bridgehead atoms. The Bertz CT molecular complexity index is 659. The molecule has 6 heteroatoms. The molecule has 2 aromatic rings. The minimum atomic E-state index is -0.290. The van der Waals surface area contributed by atoms with Crippen LogP contribution in [-0.4, -0.2) is 36.3 Å². The SMILES string of the molecule is CC(=O)NC(CC(=O)N(CCN)CCc1ccccc1)c1cccs1. The van der Waals surface area contributed by atoms with Gasteiger partial charge in [-0.1, -0.05) is 36.4 Å². The summed E-state index contributed by atoms with van der Waals surface area (Å²) < 4.78 is 0. The largest absolute Gasteiger partial charge is 0.348 e. The Morgan fingerprint density at radius 2 is 1.92 bits per heavy atom. The van der Waals surface area contributed by atoms with E-state index in [9.17, 15) is 9.59 Å². The molecule has 1 atom stereocenters. The molecular weight excluding hydrogens is 334 g/mol. The summed E-state index contributed by atoms with van der Waals surface area (Å²) in [5, 5.41) is 4.82. The van der Waals surface area contributed by atoms with E-state index in [1.807, 2.05) is 35.7 Å². The molecule has 0 fully saturated rings. The van der Waals surface area contributed by atoms with Crippen molar-refractivity contribution in [3.8, 4) is 0 Å². The first-order valence-electron chi connectivity index (χ1n) is 8.42. The van der Waals surface area contributed by atoms with E-state index in [0.29, 0.717) is 19.6 Å². The fraction of sp³-hybridized carbons (Fsp3) is 0.368. The molecule has 1 heterocycles. The van der Waals surface area contributed by atoms with Crippen LogP contribution in [0, 0.1) is 0 Å². The maximum atomic E-state index is 12.8. The van der Waals surface area contributed by atoms with Crippen LogP contribution in [0.15, 0.2) is 47.8 Å². The smallest absolute Gasteiger partial charge is 0.225 e. The Morgan fingerprint density at radius 3 is 2.52 bits per heavy atom. The second-order valence-corrected chi connectivity index (χ2v) is 6.86. The molecule has 0 saturated carbocycles. The van der Waals surface area contributed by atoms with Gasteiger partial charge in [-0.25, -0.2) is 0 Å². The van der Waals surface area contributed by atoms with Crippen molar-refractivity contribution in [3.63, 3.8) is 0 Å². The van der Waals surface area contributed by atoms with Crippen molar-refractivity contribution in [2.45, 2.75) is 25.8 Å². The van der Waals surface area contributed by atoms with Crippen LogP contribution in [0.1, 0.15) is 29.8 Å². The average Bonchev–Trinajstić information content (AvgIpc) is 3.13. The predicted molar refractivity (Wildman–Crippen MR) is 101 cm³/mol. The van der Waals surface area contributed by atoms with E-state index in [1.54, 1.807) is 16.2 Å². The van der Waals surface area contributed by atoms with Crippen LogP contribution in [0.3, 0.4) is 0 Å². The fourth-order valence-corrected chi connectivity index (χ4v) is 3.47. The van der Waals surface area contributed by atoms with Crippen LogP contribution in [0.25, 0.3) is 0 Å². The van der Waals surface area contributed by atoms with Crippen LogP contribution in [-0.2, 0) is 16.0 Å². The second-order valence-electron chi connectivity index (χ2n) is 5.88. The number of nitrogens with one attached hydrogen (secondary N) is 1. The number of carbonyl (C=O) groups excluding carboxylic acids is 2. The lowest BCUT2D eigenvalue weighted by atomic mass is 10.1. The van der Waals surface area contributed by atoms with Crippen molar-refractivity contribution < 1.29 is 9.59 Å². The van der Waals surface area contributed by atoms with Crippen molar-refractivity contribution in [3.05, 3.63) is 58.3 Å². The van der Waals surface area contributed by atoms with E-state index in [1.165, 1.54) is 12.5 Å². The van der Waals surface area contributed by atoms with Gasteiger partial charge in [-0.3, -0.25) is 9.59 Å². The van der Waals surface area contributed by atoms with Crippen molar-refractivity contribution in [2.75, 3.05) is 19.6 Å². The highest BCUT2D eigenvalue weighted by atomic mass is 32.1. The number of carbonyl (C=O) groups is 2. The number of amides is 2. The third-order valence-corrected chi connectivity index (χ3v) is 4.89. The molecule has 2 amide bonds. The number of rotatable bonds is 9. The van der Waals surface area contributed by atoms with Crippen LogP contribution in [0.2, 0.25) is 0 Å². The van der Waals surface area contributed by atoms with Crippen molar-refractivity contribution in [1.82, 2.24) is 10.2 Å². The molecular formula is C19H25N3O2S. The first kappa shape index (κ1) is 19.1. The normalized spacial score (nSPS) is 11.8. The van der Waals surface area contributed by atoms with Crippen LogP contribution < -0.4 is 11.1 Å². The standard InChI is InChI=1S/C19H25N3O2S/c1-15(23)21-17(18-8-5-13-25-18)14-19(24)22(12-10-20)11-9-16-6-3-2-4-7-16/h2-8,13,17H,9-12,14,20H2,1H3,(H,21,23). The molecule has 3 N–H and O–H groups in total. The van der Waals surface area contributed by atoms with Gasteiger partial charge in [-0.05, 0) is 23.4 Å². The van der Waals surface area contributed by atoms with Crippen LogP contribution >= 0.6 is 11.3 Å². The molecule has 0 aliphatic rings. The fourth-order valence-electron chi connectivity index (χ4n) is 2.69. The lowest BCUT2D eigenvalue weighted by Crippen LogP contribution is -2.39. The van der Waals surface area contributed by atoms with Crippen molar-refractivity contribution in [1.29, 1.82) is 0 Å². The number of hydrogen-bond donors (Lipinski definition) is 2. The van der Waals surface area contributed by atoms with E-state index >= 15 is 0 Å². The summed E-state index contributed by atoms with van der Waals surface area (Å²) in [7, 11) is 0. The Balaban J connectivity index is 2.00. The highest BCUT2D eigenvalue weighted by Crippen LogP contribution is 2.23. The van der Waals surface area contributed by atoms with Crippen molar-refractivity contribution >= 4 is 23.2 Å². The van der Waals surface area contributed by atoms with Gasteiger partial charge in [0.05, 0.1) is 12.5 Å². The maximum Gasteiger partial charge on any atom is 0.225 e. The summed E-state index contributed by atoms with van der Waals surface area (Å²) >= 11 is 1.54. The molecule has 2 rings (SSSR count). The molecule has 134 valence electrons. The van der Waals surface area contributed by atoms with Gasteiger partial charge in [0, 0.05) is 31.4 Å². The molecule has 0 aliphatic heterocycles. The molecule has 1 aromatic heterocycles. The average molecular weight is 359 g/mol. The third-order valence-electron chi connectivity index (χ3n) is 3.91. The number of hydrogen-bond acceptors (Lipinski definition) is 4. The summed E-state index contributed by atoms with van der Waals surface area (Å²) in [6.07, 6.45) is 1.03. The minimum Gasteiger partial charge on any atom is -0.348 e. The monoisotopic (exact) mass is 359 g/mol. The Labute approximate surface area is 152 Å². The van der Waals surface area contributed by atoms with E-state index in [0.717, 1.165) is 11.3 Å². The van der Waals surface area contributed by atoms with E-state index in [2.05, 4.69) is 17.4 Å². The van der Waals surface area contributed by atoms with Gasteiger partial charge in [0.15, 0.2) is 0 Å². The minimum absolute atomic E-state index is 0.00790. The molecule has 0 spiro atoms. The molecule has 1 unspecified atom stereocenters. The lowest BCUT2D eigenvalue weighted by Gasteiger charge is -2.25. The topological polar surface area (TPSA) is 75.4 Å². The summed E-state index contributed by atoms with van der Waals surface area (Å²) in [6, 6.07) is 13.6. The van der Waals surface area contributed by atoms with Crippen LogP contribution in [0.4, 0.5) is 0 Å². The summed E-state index contributed by atoms with van der Waals surface area (Å²) in [5.41, 5.74) is 6.87. The van der Waals surface area contributed by atoms with Gasteiger partial charge >= 0.3 is 0 Å². The van der Waals surface area contributed by atoms with Gasteiger partial charge < -0.3 is 16.0 Å². The highest BCUT2D eigenvalue weighted by molar-refractivity contribution is 7.10. The number of benzene rings is 1. The molecule has 0 aliphatic carbocycles. The zero-order chi connectivity index (χ0) is 18.1. The molecule has 1 aromatic carbocycles. The summed E-state index contributed by atoms with van der Waals surface area (Å²) in [4.78, 5) is 27.0. The zero-order valence-electron chi connectivity index (χ0n) is 14.5. The first-order chi connectivity index (χ1) is 12.1. The van der Waals surface area contributed by atoms with Gasteiger partial charge in [0.2, 0.25) is 11.8 Å².